The normalized spacial score (nSPS) is 16.0. The van der Waals surface area contributed by atoms with Gasteiger partial charge in [-0.05, 0) is 65.3 Å². The molecule has 0 saturated heterocycles. The second-order valence-electron chi connectivity index (χ2n) is 5.84. The monoisotopic (exact) mass is 430 g/mol. The Hall–Kier alpha value is -2.27. The summed E-state index contributed by atoms with van der Waals surface area (Å²) >= 11 is 2.23. The number of anilines is 1. The van der Waals surface area contributed by atoms with Crippen LogP contribution in [0.25, 0.3) is 10.9 Å². The molecule has 0 spiro atoms. The lowest BCUT2D eigenvalue weighted by Crippen LogP contribution is -2.07. The smallest absolute Gasteiger partial charge is 0.140 e. The Bertz CT molecular complexity index is 973. The SMILES string of the molecule is COc1c(C#N)ccc2c1CCC2Nc1ccc2[nH]nc(I)c2c1. The van der Waals surface area contributed by atoms with Gasteiger partial charge in [0.15, 0.2) is 0 Å². The van der Waals surface area contributed by atoms with E-state index < -0.39 is 0 Å². The van der Waals surface area contributed by atoms with Gasteiger partial charge in [0.05, 0.1) is 24.2 Å². The third-order valence-electron chi connectivity index (χ3n) is 4.54. The zero-order chi connectivity index (χ0) is 16.7. The fraction of sp³-hybridized carbons (Fsp3) is 0.222. The fourth-order valence-corrected chi connectivity index (χ4v) is 3.98. The molecule has 1 heterocycles. The maximum atomic E-state index is 9.23. The minimum Gasteiger partial charge on any atom is -0.495 e. The predicted molar refractivity (Wildman–Crippen MR) is 101 cm³/mol. The molecule has 1 aromatic heterocycles. The summed E-state index contributed by atoms with van der Waals surface area (Å²) in [4.78, 5) is 0. The van der Waals surface area contributed by atoms with Crippen LogP contribution in [-0.4, -0.2) is 17.3 Å². The van der Waals surface area contributed by atoms with Gasteiger partial charge in [0.1, 0.15) is 15.5 Å². The molecular weight excluding hydrogens is 415 g/mol. The standard InChI is InChI=1S/C18H15IN4O/c1-24-17-10(9-20)2-4-12-13(17)5-7-15(12)21-11-3-6-16-14(8-11)18(19)23-22-16/h2-4,6,8,15,21H,5,7H2,1H3,(H,22,23). The molecule has 0 amide bonds. The van der Waals surface area contributed by atoms with Crippen LogP contribution in [0.15, 0.2) is 30.3 Å². The van der Waals surface area contributed by atoms with Gasteiger partial charge in [0.25, 0.3) is 0 Å². The van der Waals surface area contributed by atoms with E-state index in [9.17, 15) is 5.26 Å². The van der Waals surface area contributed by atoms with Crippen molar-refractivity contribution in [3.05, 3.63) is 50.7 Å². The van der Waals surface area contributed by atoms with Gasteiger partial charge in [-0.1, -0.05) is 6.07 Å². The topological polar surface area (TPSA) is 73.7 Å². The first-order valence-corrected chi connectivity index (χ1v) is 8.79. The highest BCUT2D eigenvalue weighted by atomic mass is 127. The average Bonchev–Trinajstić information content (AvgIpc) is 3.18. The molecule has 0 radical (unpaired) electrons. The number of fused-ring (bicyclic) bond motifs is 2. The van der Waals surface area contributed by atoms with Crippen LogP contribution in [0, 0.1) is 15.0 Å². The number of nitrogens with zero attached hydrogens (tertiary/aromatic N) is 2. The summed E-state index contributed by atoms with van der Waals surface area (Å²) in [6.45, 7) is 0. The van der Waals surface area contributed by atoms with Crippen LogP contribution in [0.5, 0.6) is 5.75 Å². The molecule has 6 heteroatoms. The van der Waals surface area contributed by atoms with Crippen LogP contribution >= 0.6 is 22.6 Å². The predicted octanol–water partition coefficient (Wildman–Crippen LogP) is 4.15. The number of methoxy groups -OCH3 is 1. The van der Waals surface area contributed by atoms with E-state index in [0.717, 1.165) is 44.4 Å². The van der Waals surface area contributed by atoms with Crippen molar-refractivity contribution < 1.29 is 4.74 Å². The van der Waals surface area contributed by atoms with E-state index in [4.69, 9.17) is 4.74 Å². The summed E-state index contributed by atoms with van der Waals surface area (Å²) in [7, 11) is 1.63. The Kier molecular flexibility index (Phi) is 3.81. The summed E-state index contributed by atoms with van der Waals surface area (Å²) in [5, 5.41) is 21.2. The Morgan fingerprint density at radius 2 is 2.25 bits per heavy atom. The zero-order valence-corrected chi connectivity index (χ0v) is 15.2. The first kappa shape index (κ1) is 15.3. The number of H-pyrrole nitrogens is 1. The van der Waals surface area contributed by atoms with Crippen molar-refractivity contribution in [1.29, 1.82) is 5.26 Å². The number of ether oxygens (including phenoxy) is 1. The second-order valence-corrected chi connectivity index (χ2v) is 6.86. The van der Waals surface area contributed by atoms with Crippen LogP contribution in [-0.2, 0) is 6.42 Å². The van der Waals surface area contributed by atoms with Crippen molar-refractivity contribution in [3.63, 3.8) is 0 Å². The van der Waals surface area contributed by atoms with E-state index in [1.165, 1.54) is 5.56 Å². The van der Waals surface area contributed by atoms with Gasteiger partial charge < -0.3 is 10.1 Å². The Morgan fingerprint density at radius 1 is 1.38 bits per heavy atom. The minimum absolute atomic E-state index is 0.226. The minimum atomic E-state index is 0.226. The number of halogens is 1. The molecule has 1 aliphatic rings. The lowest BCUT2D eigenvalue weighted by molar-refractivity contribution is 0.409. The van der Waals surface area contributed by atoms with Crippen LogP contribution in [0.3, 0.4) is 0 Å². The summed E-state index contributed by atoms with van der Waals surface area (Å²) in [5.41, 5.74) is 5.08. The number of nitrogens with one attached hydrogen (secondary N) is 2. The van der Waals surface area contributed by atoms with Gasteiger partial charge in [-0.15, -0.1) is 0 Å². The molecule has 3 aromatic rings. The summed E-state index contributed by atoms with van der Waals surface area (Å²) in [6.07, 6.45) is 1.90. The number of benzene rings is 2. The van der Waals surface area contributed by atoms with E-state index >= 15 is 0 Å². The number of aromatic nitrogens is 2. The van der Waals surface area contributed by atoms with Crippen molar-refractivity contribution in [2.24, 2.45) is 0 Å². The van der Waals surface area contributed by atoms with E-state index in [-0.39, 0.29) is 6.04 Å². The third-order valence-corrected chi connectivity index (χ3v) is 5.36. The highest BCUT2D eigenvalue weighted by Crippen LogP contribution is 2.40. The van der Waals surface area contributed by atoms with Gasteiger partial charge in [-0.3, -0.25) is 5.10 Å². The van der Waals surface area contributed by atoms with Crippen LogP contribution in [0.4, 0.5) is 5.69 Å². The molecule has 0 bridgehead atoms. The van der Waals surface area contributed by atoms with Gasteiger partial charge in [-0.2, -0.15) is 10.4 Å². The van der Waals surface area contributed by atoms with Gasteiger partial charge in [0, 0.05) is 16.6 Å². The summed E-state index contributed by atoms with van der Waals surface area (Å²) in [5.74, 6) is 0.721. The third kappa shape index (κ3) is 2.40. The van der Waals surface area contributed by atoms with Crippen molar-refractivity contribution in [2.75, 3.05) is 12.4 Å². The number of hydrogen-bond acceptors (Lipinski definition) is 4. The summed E-state index contributed by atoms with van der Waals surface area (Å²) < 4.78 is 6.45. The molecule has 0 fully saturated rings. The van der Waals surface area contributed by atoms with E-state index in [1.54, 1.807) is 7.11 Å². The Balaban J connectivity index is 1.68. The molecule has 120 valence electrons. The highest BCUT2D eigenvalue weighted by molar-refractivity contribution is 14.1. The lowest BCUT2D eigenvalue weighted by Gasteiger charge is -2.16. The van der Waals surface area contributed by atoms with Crippen molar-refractivity contribution in [2.45, 2.75) is 18.9 Å². The van der Waals surface area contributed by atoms with Gasteiger partial charge in [0.2, 0.25) is 0 Å². The Labute approximate surface area is 153 Å². The molecule has 5 nitrogen and oxygen atoms in total. The molecule has 0 aliphatic heterocycles. The molecule has 1 unspecified atom stereocenters. The molecule has 4 rings (SSSR count). The number of rotatable bonds is 3. The molecule has 24 heavy (non-hydrogen) atoms. The Morgan fingerprint density at radius 3 is 3.04 bits per heavy atom. The maximum Gasteiger partial charge on any atom is 0.140 e. The van der Waals surface area contributed by atoms with Crippen LogP contribution < -0.4 is 10.1 Å². The number of nitriles is 1. The van der Waals surface area contributed by atoms with Crippen LogP contribution in [0.1, 0.15) is 29.2 Å². The quantitative estimate of drug-likeness (QED) is 0.613. The van der Waals surface area contributed by atoms with E-state index in [1.807, 2.05) is 18.2 Å². The highest BCUT2D eigenvalue weighted by Gasteiger charge is 2.27. The molecule has 2 aromatic carbocycles. The van der Waals surface area contributed by atoms with Crippen molar-refractivity contribution >= 4 is 39.2 Å². The number of aromatic amines is 1. The van der Waals surface area contributed by atoms with Crippen molar-refractivity contribution in [3.8, 4) is 11.8 Å². The van der Waals surface area contributed by atoms with Crippen LogP contribution in [0.2, 0.25) is 0 Å². The largest absolute Gasteiger partial charge is 0.495 e. The zero-order valence-electron chi connectivity index (χ0n) is 13.1. The van der Waals surface area contributed by atoms with E-state index in [0.29, 0.717) is 5.56 Å². The second kappa shape index (κ2) is 5.98. The fourth-order valence-electron chi connectivity index (χ4n) is 3.42. The molecule has 1 aliphatic carbocycles. The van der Waals surface area contributed by atoms with Gasteiger partial charge >= 0.3 is 0 Å². The first-order valence-electron chi connectivity index (χ1n) is 7.71. The maximum absolute atomic E-state index is 9.23. The average molecular weight is 430 g/mol. The van der Waals surface area contributed by atoms with Gasteiger partial charge in [-0.25, -0.2) is 0 Å². The molecule has 1 atom stereocenters. The molecular formula is C18H15IN4O. The number of hydrogen-bond donors (Lipinski definition) is 2. The lowest BCUT2D eigenvalue weighted by atomic mass is 10.0. The molecule has 2 N–H and O–H groups in total. The van der Waals surface area contributed by atoms with Crippen molar-refractivity contribution in [1.82, 2.24) is 10.2 Å². The first-order chi connectivity index (χ1) is 11.7. The molecule has 0 saturated carbocycles. The summed E-state index contributed by atoms with van der Waals surface area (Å²) in [6, 6.07) is 12.6. The van der Waals surface area contributed by atoms with E-state index in [2.05, 4.69) is 56.3 Å².